The Morgan fingerprint density at radius 1 is 1.21 bits per heavy atom. The fourth-order valence-electron chi connectivity index (χ4n) is 2.70. The number of hydrogen-bond donors (Lipinski definition) is 1. The molecule has 0 aliphatic carbocycles. The van der Waals surface area contributed by atoms with E-state index in [1.54, 1.807) is 12.5 Å². The third kappa shape index (κ3) is 3.74. The van der Waals surface area contributed by atoms with E-state index in [0.717, 1.165) is 18.5 Å². The first kappa shape index (κ1) is 16.1. The first-order chi connectivity index (χ1) is 11.6. The normalized spacial score (nSPS) is 12.1. The van der Waals surface area contributed by atoms with E-state index in [-0.39, 0.29) is 11.9 Å². The van der Waals surface area contributed by atoms with E-state index < -0.39 is 0 Å². The van der Waals surface area contributed by atoms with Gasteiger partial charge in [0.1, 0.15) is 0 Å². The quantitative estimate of drug-likeness (QED) is 0.758. The molecule has 124 valence electrons. The summed E-state index contributed by atoms with van der Waals surface area (Å²) in [5.41, 5.74) is 2.94. The van der Waals surface area contributed by atoms with E-state index >= 15 is 0 Å². The van der Waals surface area contributed by atoms with Gasteiger partial charge >= 0.3 is 0 Å². The fraction of sp³-hybridized carbons (Fsp3) is 0.263. The molecule has 0 aliphatic heterocycles. The molecule has 3 rings (SSSR count). The van der Waals surface area contributed by atoms with Crippen LogP contribution in [0.15, 0.2) is 61.3 Å². The molecule has 5 nitrogen and oxygen atoms in total. The van der Waals surface area contributed by atoms with Crippen molar-refractivity contribution < 1.29 is 4.79 Å². The van der Waals surface area contributed by atoms with Crippen molar-refractivity contribution in [2.24, 2.45) is 7.05 Å². The number of rotatable bonds is 6. The van der Waals surface area contributed by atoms with Gasteiger partial charge in [-0.2, -0.15) is 0 Å². The fourth-order valence-corrected chi connectivity index (χ4v) is 2.70. The smallest absolute Gasteiger partial charge is 0.251 e. The monoisotopic (exact) mass is 322 g/mol. The van der Waals surface area contributed by atoms with Gasteiger partial charge in [-0.05, 0) is 56.2 Å². The van der Waals surface area contributed by atoms with Crippen molar-refractivity contribution in [1.29, 1.82) is 0 Å². The molecule has 1 unspecified atom stereocenters. The van der Waals surface area contributed by atoms with E-state index in [9.17, 15) is 4.79 Å². The lowest BCUT2D eigenvalue weighted by molar-refractivity contribution is 0.0938. The Bertz CT molecular complexity index is 787. The van der Waals surface area contributed by atoms with Crippen LogP contribution in [0.5, 0.6) is 0 Å². The van der Waals surface area contributed by atoms with Crippen LogP contribution in [-0.4, -0.2) is 26.1 Å². The predicted molar refractivity (Wildman–Crippen MR) is 94.2 cm³/mol. The summed E-state index contributed by atoms with van der Waals surface area (Å²) < 4.78 is 4.02. The van der Waals surface area contributed by atoms with Gasteiger partial charge in [-0.3, -0.25) is 4.79 Å². The van der Waals surface area contributed by atoms with Gasteiger partial charge in [-0.1, -0.05) is 0 Å². The summed E-state index contributed by atoms with van der Waals surface area (Å²) in [6.07, 6.45) is 9.25. The molecule has 24 heavy (non-hydrogen) atoms. The molecule has 3 aromatic rings. The molecule has 0 radical (unpaired) electrons. The summed E-state index contributed by atoms with van der Waals surface area (Å²) in [7, 11) is 2.04. The molecule has 0 saturated heterocycles. The number of aromatic nitrogens is 3. The number of nitrogens with one attached hydrogen (secondary N) is 1. The van der Waals surface area contributed by atoms with E-state index in [4.69, 9.17) is 0 Å². The second-order valence-corrected chi connectivity index (χ2v) is 6.04. The summed E-state index contributed by atoms with van der Waals surface area (Å²) >= 11 is 0. The van der Waals surface area contributed by atoms with Crippen molar-refractivity contribution in [3.05, 3.63) is 72.6 Å². The lowest BCUT2D eigenvalue weighted by atomic mass is 10.1. The lowest BCUT2D eigenvalue weighted by Gasteiger charge is -2.14. The summed E-state index contributed by atoms with van der Waals surface area (Å²) in [6, 6.07) is 11.8. The van der Waals surface area contributed by atoms with Crippen molar-refractivity contribution in [1.82, 2.24) is 19.4 Å². The number of carbonyl (C=O) groups is 1. The van der Waals surface area contributed by atoms with Gasteiger partial charge in [0.25, 0.3) is 5.91 Å². The molecule has 0 saturated carbocycles. The van der Waals surface area contributed by atoms with Gasteiger partial charge in [-0.25, -0.2) is 4.98 Å². The van der Waals surface area contributed by atoms with Crippen LogP contribution in [0.4, 0.5) is 0 Å². The standard InChI is InChI=1S/C19H22N4O/c1-15(5-8-17-4-3-12-22(17)2)21-19(24)16-6-9-18(10-7-16)23-13-11-20-14-23/h3-4,6-7,9-15H,5,8H2,1-2H3,(H,21,24). The highest BCUT2D eigenvalue weighted by Crippen LogP contribution is 2.10. The molecular weight excluding hydrogens is 300 g/mol. The van der Waals surface area contributed by atoms with E-state index in [1.165, 1.54) is 5.69 Å². The van der Waals surface area contributed by atoms with Gasteiger partial charge in [0, 0.05) is 48.6 Å². The van der Waals surface area contributed by atoms with Crippen molar-refractivity contribution in [2.75, 3.05) is 0 Å². The summed E-state index contributed by atoms with van der Waals surface area (Å²) in [5.74, 6) is -0.0356. The first-order valence-corrected chi connectivity index (χ1v) is 8.13. The number of aryl methyl sites for hydroxylation is 2. The molecule has 1 atom stereocenters. The van der Waals surface area contributed by atoms with Crippen molar-refractivity contribution in [2.45, 2.75) is 25.8 Å². The van der Waals surface area contributed by atoms with E-state index in [0.29, 0.717) is 5.56 Å². The number of benzene rings is 1. The van der Waals surface area contributed by atoms with Gasteiger partial charge < -0.3 is 14.5 Å². The number of carbonyl (C=O) groups excluding carboxylic acids is 1. The first-order valence-electron chi connectivity index (χ1n) is 8.13. The Balaban J connectivity index is 1.55. The van der Waals surface area contributed by atoms with Gasteiger partial charge in [0.15, 0.2) is 0 Å². The molecule has 1 aromatic carbocycles. The predicted octanol–water partition coefficient (Wildman–Crippen LogP) is 2.96. The Labute approximate surface area is 142 Å². The SMILES string of the molecule is CC(CCc1cccn1C)NC(=O)c1ccc(-n2ccnc2)cc1. The molecule has 1 amide bonds. The van der Waals surface area contributed by atoms with Crippen LogP contribution in [0.1, 0.15) is 29.4 Å². The molecule has 5 heteroatoms. The molecule has 1 N–H and O–H groups in total. The molecular formula is C19H22N4O. The number of hydrogen-bond acceptors (Lipinski definition) is 2. The van der Waals surface area contributed by atoms with Gasteiger partial charge in [-0.15, -0.1) is 0 Å². The van der Waals surface area contributed by atoms with Gasteiger partial charge in [0.2, 0.25) is 0 Å². The zero-order valence-electron chi connectivity index (χ0n) is 14.0. The maximum absolute atomic E-state index is 12.3. The Morgan fingerprint density at radius 3 is 2.62 bits per heavy atom. The highest BCUT2D eigenvalue weighted by Gasteiger charge is 2.10. The van der Waals surface area contributed by atoms with Crippen molar-refractivity contribution in [3.8, 4) is 5.69 Å². The highest BCUT2D eigenvalue weighted by molar-refractivity contribution is 5.94. The molecule has 0 spiro atoms. The Hall–Kier alpha value is -2.82. The van der Waals surface area contributed by atoms with Crippen LogP contribution < -0.4 is 5.32 Å². The number of amides is 1. The molecule has 2 aromatic heterocycles. The average Bonchev–Trinajstić information content (AvgIpc) is 3.25. The van der Waals surface area contributed by atoms with Crippen LogP contribution in [-0.2, 0) is 13.5 Å². The van der Waals surface area contributed by atoms with Crippen LogP contribution in [0.2, 0.25) is 0 Å². The number of imidazole rings is 1. The summed E-state index contributed by atoms with van der Waals surface area (Å²) in [4.78, 5) is 16.4. The summed E-state index contributed by atoms with van der Waals surface area (Å²) in [6.45, 7) is 2.04. The van der Waals surface area contributed by atoms with E-state index in [1.807, 2.05) is 61.3 Å². The van der Waals surface area contributed by atoms with Gasteiger partial charge in [0.05, 0.1) is 6.33 Å². The minimum atomic E-state index is -0.0356. The summed E-state index contributed by atoms with van der Waals surface area (Å²) in [5, 5.41) is 3.06. The zero-order valence-corrected chi connectivity index (χ0v) is 14.0. The molecule has 0 bridgehead atoms. The second-order valence-electron chi connectivity index (χ2n) is 6.04. The maximum Gasteiger partial charge on any atom is 0.251 e. The van der Waals surface area contributed by atoms with E-state index in [2.05, 4.69) is 20.9 Å². The minimum absolute atomic E-state index is 0.0356. The topological polar surface area (TPSA) is 51.9 Å². The Kier molecular flexibility index (Phi) is 4.79. The van der Waals surface area contributed by atoms with Crippen molar-refractivity contribution >= 4 is 5.91 Å². The Morgan fingerprint density at radius 2 is 2.00 bits per heavy atom. The second kappa shape index (κ2) is 7.17. The van der Waals surface area contributed by atoms with Crippen molar-refractivity contribution in [3.63, 3.8) is 0 Å². The largest absolute Gasteiger partial charge is 0.354 e. The minimum Gasteiger partial charge on any atom is -0.354 e. The maximum atomic E-state index is 12.3. The van der Waals surface area contributed by atoms with Crippen LogP contribution in [0.25, 0.3) is 5.69 Å². The molecule has 2 heterocycles. The lowest BCUT2D eigenvalue weighted by Crippen LogP contribution is -2.33. The number of nitrogens with zero attached hydrogens (tertiary/aromatic N) is 3. The average molecular weight is 322 g/mol. The highest BCUT2D eigenvalue weighted by atomic mass is 16.1. The third-order valence-electron chi connectivity index (χ3n) is 4.19. The van der Waals surface area contributed by atoms with Crippen LogP contribution >= 0.6 is 0 Å². The zero-order chi connectivity index (χ0) is 16.9. The van der Waals surface area contributed by atoms with Crippen LogP contribution in [0, 0.1) is 0 Å². The third-order valence-corrected chi connectivity index (χ3v) is 4.19. The molecule has 0 fully saturated rings. The van der Waals surface area contributed by atoms with Crippen LogP contribution in [0.3, 0.4) is 0 Å². The molecule has 0 aliphatic rings.